The van der Waals surface area contributed by atoms with Gasteiger partial charge in [0.2, 0.25) is 5.88 Å². The van der Waals surface area contributed by atoms with E-state index in [0.29, 0.717) is 5.56 Å². The van der Waals surface area contributed by atoms with E-state index in [1.54, 1.807) is 0 Å². The van der Waals surface area contributed by atoms with Gasteiger partial charge in [-0.05, 0) is 24.5 Å². The van der Waals surface area contributed by atoms with Crippen LogP contribution < -0.4 is 15.4 Å². The summed E-state index contributed by atoms with van der Waals surface area (Å²) in [6.45, 7) is -1.54. The smallest absolute Gasteiger partial charge is 0.422 e. The summed E-state index contributed by atoms with van der Waals surface area (Å²) in [6, 6.07) is 0.603. The molecule has 1 saturated carbocycles. The number of carbonyl (C=O) groups is 1. The molecule has 1 fully saturated rings. The van der Waals surface area contributed by atoms with Gasteiger partial charge in [-0.1, -0.05) is 0 Å². The highest BCUT2D eigenvalue weighted by Crippen LogP contribution is 2.40. The molecule has 1 aromatic rings. The van der Waals surface area contributed by atoms with Crippen LogP contribution in [0.1, 0.15) is 24.4 Å². The van der Waals surface area contributed by atoms with Crippen molar-refractivity contribution in [3.8, 4) is 5.88 Å². The maximum atomic E-state index is 12.5. The first kappa shape index (κ1) is 22.1. The molecule has 1 unspecified atom stereocenters. The molecule has 0 aliphatic heterocycles. The predicted octanol–water partition coefficient (Wildman–Crippen LogP) is 3.35. The molecular weight excluding hydrogens is 396 g/mol. The molecule has 1 atom stereocenters. The molecule has 1 aliphatic carbocycles. The summed E-state index contributed by atoms with van der Waals surface area (Å²) in [5.74, 6) is -1.72. The number of alkyl halides is 6. The fraction of sp³-hybridized carbons (Fsp3) is 0.625. The van der Waals surface area contributed by atoms with Crippen LogP contribution in [0.3, 0.4) is 0 Å². The number of methoxy groups -OCH3 is 1. The van der Waals surface area contributed by atoms with Crippen molar-refractivity contribution in [2.75, 3.05) is 20.3 Å². The highest BCUT2D eigenvalue weighted by Gasteiger charge is 2.48. The number of nitrogens with one attached hydrogen (secondary N) is 2. The average molecular weight is 415 g/mol. The lowest BCUT2D eigenvalue weighted by molar-refractivity contribution is -0.198. The molecular formula is C16H19F6N3O3. The van der Waals surface area contributed by atoms with Crippen LogP contribution in [0, 0.1) is 5.92 Å². The van der Waals surface area contributed by atoms with Crippen LogP contribution in [0.15, 0.2) is 18.3 Å². The zero-order valence-corrected chi connectivity index (χ0v) is 14.7. The van der Waals surface area contributed by atoms with Crippen molar-refractivity contribution in [2.45, 2.75) is 37.3 Å². The van der Waals surface area contributed by atoms with Crippen LogP contribution >= 0.6 is 0 Å². The third kappa shape index (κ3) is 6.73. The number of aromatic nitrogens is 1. The van der Waals surface area contributed by atoms with E-state index in [9.17, 15) is 31.1 Å². The average Bonchev–Trinajstić information content (AvgIpc) is 2.54. The number of nitrogens with zero attached hydrogens (tertiary/aromatic N) is 1. The van der Waals surface area contributed by atoms with Gasteiger partial charge in [-0.25, -0.2) is 9.78 Å². The van der Waals surface area contributed by atoms with E-state index >= 15 is 0 Å². The lowest BCUT2D eigenvalue weighted by atomic mass is 9.80. The normalized spacial score (nSPS) is 20.8. The number of rotatable bonds is 7. The first-order valence-corrected chi connectivity index (χ1v) is 8.26. The monoisotopic (exact) mass is 415 g/mol. The van der Waals surface area contributed by atoms with E-state index in [0.717, 1.165) is 0 Å². The topological polar surface area (TPSA) is 72.5 Å². The molecule has 28 heavy (non-hydrogen) atoms. The highest BCUT2D eigenvalue weighted by atomic mass is 19.4. The molecule has 0 spiro atoms. The van der Waals surface area contributed by atoms with Gasteiger partial charge in [-0.3, -0.25) is 0 Å². The molecule has 12 heteroatoms. The maximum Gasteiger partial charge on any atom is 0.422 e. The fourth-order valence-electron chi connectivity index (χ4n) is 2.65. The fourth-order valence-corrected chi connectivity index (χ4v) is 2.65. The Morgan fingerprint density at radius 3 is 2.54 bits per heavy atom. The summed E-state index contributed by atoms with van der Waals surface area (Å²) in [6.07, 6.45) is -7.99. The third-order valence-corrected chi connectivity index (χ3v) is 4.12. The molecule has 6 nitrogen and oxygen atoms in total. The number of urea groups is 1. The summed E-state index contributed by atoms with van der Waals surface area (Å²) in [7, 11) is 1.36. The summed E-state index contributed by atoms with van der Waals surface area (Å²) < 4.78 is 83.7. The number of pyridine rings is 1. The molecule has 1 aromatic heterocycles. The maximum absolute atomic E-state index is 12.5. The van der Waals surface area contributed by atoms with Crippen LogP contribution in [0.2, 0.25) is 0 Å². The second-order valence-electron chi connectivity index (χ2n) is 6.36. The van der Waals surface area contributed by atoms with Gasteiger partial charge in [0.25, 0.3) is 0 Å². The Morgan fingerprint density at radius 1 is 1.29 bits per heavy atom. The van der Waals surface area contributed by atoms with Crippen molar-refractivity contribution in [3.05, 3.63) is 23.9 Å². The molecule has 1 aliphatic rings. The second kappa shape index (κ2) is 8.84. The number of hydrogen-bond acceptors (Lipinski definition) is 4. The minimum Gasteiger partial charge on any atom is -0.468 e. The van der Waals surface area contributed by atoms with Crippen LogP contribution in [-0.2, 0) is 4.74 Å². The van der Waals surface area contributed by atoms with E-state index in [1.807, 2.05) is 0 Å². The summed E-state index contributed by atoms with van der Waals surface area (Å²) in [4.78, 5) is 15.7. The number of amides is 2. The third-order valence-electron chi connectivity index (χ3n) is 4.12. The Labute approximate surface area is 156 Å². The van der Waals surface area contributed by atoms with E-state index in [2.05, 4.69) is 20.4 Å². The lowest BCUT2D eigenvalue weighted by Gasteiger charge is -2.37. The van der Waals surface area contributed by atoms with Crippen molar-refractivity contribution >= 4 is 6.03 Å². The molecule has 0 bridgehead atoms. The number of hydrogen-bond donors (Lipinski definition) is 2. The number of halogens is 6. The molecule has 158 valence electrons. The zero-order valence-electron chi connectivity index (χ0n) is 14.7. The van der Waals surface area contributed by atoms with Gasteiger partial charge in [-0.2, -0.15) is 26.3 Å². The zero-order chi connectivity index (χ0) is 20.9. The van der Waals surface area contributed by atoms with Crippen LogP contribution in [-0.4, -0.2) is 49.7 Å². The van der Waals surface area contributed by atoms with Gasteiger partial charge in [-0.15, -0.1) is 0 Å². The minimum atomic E-state index is -4.53. The second-order valence-corrected chi connectivity index (χ2v) is 6.36. The van der Waals surface area contributed by atoms with Crippen molar-refractivity contribution in [3.63, 3.8) is 0 Å². The van der Waals surface area contributed by atoms with Crippen molar-refractivity contribution in [2.24, 2.45) is 5.92 Å². The van der Waals surface area contributed by atoms with E-state index in [4.69, 9.17) is 4.74 Å². The van der Waals surface area contributed by atoms with Crippen LogP contribution in [0.25, 0.3) is 0 Å². The number of carbonyl (C=O) groups excluding carboxylic acids is 1. The molecule has 2 N–H and O–H groups in total. The molecule has 0 saturated heterocycles. The number of ether oxygens (including phenoxy) is 2. The standard InChI is InChI=1S/C16H19F6N3O3/c1-27-7-12(9-2-3-23-13(4-9)28-8-15(17,18)19)25-14(26)24-11-5-10(6-11)16(20,21)22/h2-4,10-12H,5-8H2,1H3,(H2,24,25,26). The van der Waals surface area contributed by atoms with Gasteiger partial charge in [0.05, 0.1) is 18.6 Å². The Bertz CT molecular complexity index is 662. The van der Waals surface area contributed by atoms with Crippen molar-refractivity contribution < 1.29 is 40.6 Å². The van der Waals surface area contributed by atoms with Crippen LogP contribution in [0.5, 0.6) is 5.88 Å². The van der Waals surface area contributed by atoms with E-state index in [-0.39, 0.29) is 25.3 Å². The highest BCUT2D eigenvalue weighted by molar-refractivity contribution is 5.75. The summed E-state index contributed by atoms with van der Waals surface area (Å²) >= 11 is 0. The van der Waals surface area contributed by atoms with Gasteiger partial charge in [0, 0.05) is 25.4 Å². The molecule has 0 radical (unpaired) electrons. The first-order valence-electron chi connectivity index (χ1n) is 8.26. The van der Waals surface area contributed by atoms with Gasteiger partial charge in [0.1, 0.15) is 0 Å². The van der Waals surface area contributed by atoms with Crippen LogP contribution in [0.4, 0.5) is 31.1 Å². The van der Waals surface area contributed by atoms with Gasteiger partial charge >= 0.3 is 18.4 Å². The largest absolute Gasteiger partial charge is 0.468 e. The molecule has 2 rings (SSSR count). The Kier molecular flexibility index (Phi) is 6.96. The quantitative estimate of drug-likeness (QED) is 0.670. The molecule has 2 amide bonds. The van der Waals surface area contributed by atoms with Gasteiger partial charge in [0.15, 0.2) is 6.61 Å². The van der Waals surface area contributed by atoms with Crippen molar-refractivity contribution in [1.29, 1.82) is 0 Å². The first-order chi connectivity index (χ1) is 13.0. The van der Waals surface area contributed by atoms with E-state index < -0.39 is 43.0 Å². The summed E-state index contributed by atoms with van der Waals surface area (Å²) in [5, 5.41) is 4.96. The molecule has 1 heterocycles. The molecule has 0 aromatic carbocycles. The SMILES string of the molecule is COCC(NC(=O)NC1CC(C(F)(F)F)C1)c1ccnc(OCC(F)(F)F)c1. The lowest BCUT2D eigenvalue weighted by Crippen LogP contribution is -2.52. The summed E-state index contributed by atoms with van der Waals surface area (Å²) in [5.41, 5.74) is 0.367. The minimum absolute atomic E-state index is 0.0218. The Hall–Kier alpha value is -2.24. The van der Waals surface area contributed by atoms with Crippen molar-refractivity contribution in [1.82, 2.24) is 15.6 Å². The Morgan fingerprint density at radius 2 is 1.96 bits per heavy atom. The Balaban J connectivity index is 1.93. The van der Waals surface area contributed by atoms with E-state index in [1.165, 1.54) is 25.4 Å². The predicted molar refractivity (Wildman–Crippen MR) is 84.6 cm³/mol. The van der Waals surface area contributed by atoms with Gasteiger partial charge < -0.3 is 20.1 Å².